The minimum atomic E-state index is -3.67. The van der Waals surface area contributed by atoms with Gasteiger partial charge in [0.15, 0.2) is 0 Å². The van der Waals surface area contributed by atoms with Crippen LogP contribution < -0.4 is 10.5 Å². The quantitative estimate of drug-likeness (QED) is 0.777. The summed E-state index contributed by atoms with van der Waals surface area (Å²) in [6, 6.07) is 18.7. The van der Waals surface area contributed by atoms with Gasteiger partial charge in [0.2, 0.25) is 10.0 Å². The molecule has 0 saturated carbocycles. The normalized spacial score (nSPS) is 11.5. The number of fused-ring (bicyclic) bond motifs is 1. The Labute approximate surface area is 129 Å². The van der Waals surface area contributed by atoms with Crippen LogP contribution in [0.4, 0.5) is 11.4 Å². The number of rotatable bonds is 3. The van der Waals surface area contributed by atoms with Gasteiger partial charge < -0.3 is 5.32 Å². The smallest absolute Gasteiger partial charge is 0.238 e. The molecule has 5 heteroatoms. The van der Waals surface area contributed by atoms with Crippen LogP contribution in [0.3, 0.4) is 0 Å². The average molecular weight is 312 g/mol. The van der Waals surface area contributed by atoms with Crippen LogP contribution in [0.25, 0.3) is 10.8 Å². The van der Waals surface area contributed by atoms with Crippen molar-refractivity contribution in [2.45, 2.75) is 11.8 Å². The lowest BCUT2D eigenvalue weighted by Crippen LogP contribution is -2.11. The first-order valence-electron chi connectivity index (χ1n) is 6.82. The zero-order valence-electron chi connectivity index (χ0n) is 12.1. The van der Waals surface area contributed by atoms with E-state index < -0.39 is 10.0 Å². The SMILES string of the molecule is Cc1ccc(Nc2ccc3cc(S(N)(=O)=O)ccc3c2)cc1. The molecule has 0 atom stereocenters. The van der Waals surface area contributed by atoms with Crippen molar-refractivity contribution in [1.29, 1.82) is 0 Å². The van der Waals surface area contributed by atoms with Crippen molar-refractivity contribution in [1.82, 2.24) is 0 Å². The molecule has 3 N–H and O–H groups in total. The minimum Gasteiger partial charge on any atom is -0.356 e. The van der Waals surface area contributed by atoms with E-state index in [1.54, 1.807) is 12.1 Å². The van der Waals surface area contributed by atoms with E-state index in [0.717, 1.165) is 22.1 Å². The Balaban J connectivity index is 1.95. The lowest BCUT2D eigenvalue weighted by molar-refractivity contribution is 0.598. The molecule has 4 nitrogen and oxygen atoms in total. The molecule has 0 unspecified atom stereocenters. The molecule has 0 heterocycles. The summed E-state index contributed by atoms with van der Waals surface area (Å²) in [5.74, 6) is 0. The van der Waals surface area contributed by atoms with Crippen molar-refractivity contribution in [3.63, 3.8) is 0 Å². The first-order chi connectivity index (χ1) is 10.4. The summed E-state index contributed by atoms with van der Waals surface area (Å²) < 4.78 is 22.8. The van der Waals surface area contributed by atoms with Gasteiger partial charge in [0.05, 0.1) is 4.90 Å². The third-order valence-corrected chi connectivity index (χ3v) is 4.39. The zero-order valence-corrected chi connectivity index (χ0v) is 12.9. The average Bonchev–Trinajstić information content (AvgIpc) is 2.48. The summed E-state index contributed by atoms with van der Waals surface area (Å²) in [5.41, 5.74) is 3.16. The molecule has 112 valence electrons. The highest BCUT2D eigenvalue weighted by atomic mass is 32.2. The van der Waals surface area contributed by atoms with E-state index >= 15 is 0 Å². The second-order valence-electron chi connectivity index (χ2n) is 5.26. The van der Waals surface area contributed by atoms with Crippen molar-refractivity contribution in [2.75, 3.05) is 5.32 Å². The third-order valence-electron chi connectivity index (χ3n) is 3.48. The van der Waals surface area contributed by atoms with E-state index in [-0.39, 0.29) is 4.90 Å². The molecule has 0 aliphatic carbocycles. The van der Waals surface area contributed by atoms with Crippen LogP contribution in [0.2, 0.25) is 0 Å². The predicted octanol–water partition coefficient (Wildman–Crippen LogP) is 3.54. The number of nitrogens with two attached hydrogens (primary N) is 1. The fourth-order valence-corrected chi connectivity index (χ4v) is 2.83. The monoisotopic (exact) mass is 312 g/mol. The molecule has 0 fully saturated rings. The van der Waals surface area contributed by atoms with E-state index in [0.29, 0.717) is 0 Å². The number of sulfonamides is 1. The molecule has 3 aromatic rings. The van der Waals surface area contributed by atoms with Crippen LogP contribution in [-0.2, 0) is 10.0 Å². The Bertz CT molecular complexity index is 933. The zero-order chi connectivity index (χ0) is 15.7. The van der Waals surface area contributed by atoms with E-state index in [4.69, 9.17) is 5.14 Å². The molecule has 3 rings (SSSR count). The first-order valence-corrected chi connectivity index (χ1v) is 8.37. The lowest BCUT2D eigenvalue weighted by Gasteiger charge is -2.09. The van der Waals surface area contributed by atoms with Gasteiger partial charge in [-0.2, -0.15) is 0 Å². The summed E-state index contributed by atoms with van der Waals surface area (Å²) in [6.07, 6.45) is 0. The molecule has 3 aromatic carbocycles. The van der Waals surface area contributed by atoms with Crippen LogP contribution in [0.15, 0.2) is 65.6 Å². The van der Waals surface area contributed by atoms with Gasteiger partial charge in [-0.05, 0) is 54.1 Å². The van der Waals surface area contributed by atoms with Gasteiger partial charge in [0.25, 0.3) is 0 Å². The van der Waals surface area contributed by atoms with Crippen LogP contribution >= 0.6 is 0 Å². The van der Waals surface area contributed by atoms with Gasteiger partial charge in [-0.15, -0.1) is 0 Å². The van der Waals surface area contributed by atoms with Gasteiger partial charge in [-0.3, -0.25) is 0 Å². The van der Waals surface area contributed by atoms with E-state index in [2.05, 4.69) is 5.32 Å². The molecule has 0 aliphatic heterocycles. The maximum atomic E-state index is 11.4. The molecule has 22 heavy (non-hydrogen) atoms. The summed E-state index contributed by atoms with van der Waals surface area (Å²) in [6.45, 7) is 2.04. The summed E-state index contributed by atoms with van der Waals surface area (Å²) in [5, 5.41) is 10.3. The molecule has 0 spiro atoms. The molecular formula is C17H16N2O2S. The Kier molecular flexibility index (Phi) is 3.60. The topological polar surface area (TPSA) is 72.2 Å². The Morgan fingerprint density at radius 3 is 2.09 bits per heavy atom. The standard InChI is InChI=1S/C17H16N2O2S/c1-12-2-6-15(7-3-12)19-16-8-4-14-11-17(22(18,20)21)9-5-13(14)10-16/h2-11,19H,1H3,(H2,18,20,21). The van der Waals surface area contributed by atoms with Gasteiger partial charge in [0, 0.05) is 11.4 Å². The number of hydrogen-bond donors (Lipinski definition) is 2. The van der Waals surface area contributed by atoms with E-state index in [9.17, 15) is 8.42 Å². The molecule has 0 aromatic heterocycles. The predicted molar refractivity (Wildman–Crippen MR) is 89.8 cm³/mol. The van der Waals surface area contributed by atoms with Crippen LogP contribution in [0, 0.1) is 6.92 Å². The van der Waals surface area contributed by atoms with Crippen molar-refractivity contribution in [3.05, 3.63) is 66.2 Å². The highest BCUT2D eigenvalue weighted by Crippen LogP contribution is 2.24. The van der Waals surface area contributed by atoms with Gasteiger partial charge in [0.1, 0.15) is 0 Å². The fourth-order valence-electron chi connectivity index (χ4n) is 2.28. The largest absolute Gasteiger partial charge is 0.356 e. The minimum absolute atomic E-state index is 0.124. The molecular weight excluding hydrogens is 296 g/mol. The number of benzene rings is 3. The summed E-state index contributed by atoms with van der Waals surface area (Å²) in [4.78, 5) is 0.124. The van der Waals surface area contributed by atoms with Crippen molar-refractivity contribution < 1.29 is 8.42 Å². The fraction of sp³-hybridized carbons (Fsp3) is 0.0588. The second kappa shape index (κ2) is 5.44. The number of nitrogens with one attached hydrogen (secondary N) is 1. The molecule has 0 saturated heterocycles. The highest BCUT2D eigenvalue weighted by molar-refractivity contribution is 7.89. The van der Waals surface area contributed by atoms with Gasteiger partial charge in [-0.25, -0.2) is 13.6 Å². The van der Waals surface area contributed by atoms with E-state index in [1.165, 1.54) is 11.6 Å². The van der Waals surface area contributed by atoms with Crippen LogP contribution in [0.5, 0.6) is 0 Å². The van der Waals surface area contributed by atoms with Gasteiger partial charge >= 0.3 is 0 Å². The number of hydrogen-bond acceptors (Lipinski definition) is 3. The van der Waals surface area contributed by atoms with Gasteiger partial charge in [-0.1, -0.05) is 29.8 Å². The molecule has 0 aliphatic rings. The second-order valence-corrected chi connectivity index (χ2v) is 6.82. The summed E-state index contributed by atoms with van der Waals surface area (Å²) in [7, 11) is -3.67. The number of aryl methyl sites for hydroxylation is 1. The lowest BCUT2D eigenvalue weighted by atomic mass is 10.1. The Morgan fingerprint density at radius 1 is 0.818 bits per heavy atom. The summed E-state index contributed by atoms with van der Waals surface area (Å²) >= 11 is 0. The number of primary sulfonamides is 1. The third kappa shape index (κ3) is 3.10. The van der Waals surface area contributed by atoms with Crippen molar-refractivity contribution in [3.8, 4) is 0 Å². The number of anilines is 2. The van der Waals surface area contributed by atoms with Crippen LogP contribution in [-0.4, -0.2) is 8.42 Å². The highest BCUT2D eigenvalue weighted by Gasteiger charge is 2.08. The van der Waals surface area contributed by atoms with Crippen molar-refractivity contribution in [2.24, 2.45) is 5.14 Å². The Hall–Kier alpha value is -2.37. The molecule has 0 radical (unpaired) electrons. The maximum Gasteiger partial charge on any atom is 0.238 e. The maximum absolute atomic E-state index is 11.4. The van der Waals surface area contributed by atoms with Crippen molar-refractivity contribution >= 4 is 32.2 Å². The Morgan fingerprint density at radius 2 is 1.41 bits per heavy atom. The van der Waals surface area contributed by atoms with Crippen LogP contribution in [0.1, 0.15) is 5.56 Å². The first kappa shape index (κ1) is 14.6. The molecule has 0 amide bonds. The molecule has 0 bridgehead atoms. The van der Waals surface area contributed by atoms with E-state index in [1.807, 2.05) is 49.4 Å².